The van der Waals surface area contributed by atoms with Crippen LogP contribution in [0.4, 0.5) is 0 Å². The first-order valence-electron chi connectivity index (χ1n) is 20.1. The molecule has 0 aliphatic heterocycles. The number of hydrogen-bond acceptors (Lipinski definition) is 9. The molecule has 312 valence electrons. The average molecular weight is 792 g/mol. The van der Waals surface area contributed by atoms with Crippen LogP contribution in [0.15, 0.2) is 85.1 Å². The molecule has 0 amide bonds. The Morgan fingerprint density at radius 1 is 0.582 bits per heavy atom. The van der Waals surface area contributed by atoms with Gasteiger partial charge in [-0.25, -0.2) is 4.57 Å². The fraction of sp³-hybridized carbons (Fsp3) is 0.605. The summed E-state index contributed by atoms with van der Waals surface area (Å²) in [4.78, 5) is 45.8. The van der Waals surface area contributed by atoms with Gasteiger partial charge in [-0.2, -0.15) is 0 Å². The van der Waals surface area contributed by atoms with E-state index in [1.807, 2.05) is 12.2 Å². The van der Waals surface area contributed by atoms with E-state index in [1.165, 1.54) is 12.8 Å². The number of carboxylic acid groups (broad SMARTS) is 1. The highest BCUT2D eigenvalue weighted by atomic mass is 31.2. The molecule has 0 aromatic carbocycles. The first kappa shape index (κ1) is 51.7. The Hall–Kier alpha value is -3.34. The van der Waals surface area contributed by atoms with Gasteiger partial charge in [0, 0.05) is 12.8 Å². The van der Waals surface area contributed by atoms with E-state index in [0.717, 1.165) is 77.0 Å². The summed E-state index contributed by atoms with van der Waals surface area (Å²) in [7, 11) is -4.74. The lowest BCUT2D eigenvalue weighted by Gasteiger charge is -2.20. The molecule has 0 radical (unpaired) electrons. The molecule has 0 rings (SSSR count). The number of carboxylic acids is 1. The van der Waals surface area contributed by atoms with E-state index in [-0.39, 0.29) is 19.4 Å². The lowest BCUT2D eigenvalue weighted by molar-refractivity contribution is -0.161. The molecule has 0 saturated carbocycles. The monoisotopic (exact) mass is 791 g/mol. The quantitative estimate of drug-likeness (QED) is 0.0239. The van der Waals surface area contributed by atoms with Crippen molar-refractivity contribution in [3.63, 3.8) is 0 Å². The number of esters is 2. The summed E-state index contributed by atoms with van der Waals surface area (Å²) >= 11 is 0. The van der Waals surface area contributed by atoms with Gasteiger partial charge in [0.2, 0.25) is 0 Å². The first-order valence-corrected chi connectivity index (χ1v) is 21.6. The van der Waals surface area contributed by atoms with Gasteiger partial charge in [0.1, 0.15) is 12.6 Å². The smallest absolute Gasteiger partial charge is 0.472 e. The minimum atomic E-state index is -4.74. The van der Waals surface area contributed by atoms with Crippen molar-refractivity contribution in [1.82, 2.24) is 0 Å². The van der Waals surface area contributed by atoms with Crippen molar-refractivity contribution in [3.8, 4) is 0 Å². The van der Waals surface area contributed by atoms with Crippen molar-refractivity contribution in [2.45, 2.75) is 148 Å². The van der Waals surface area contributed by atoms with Crippen LogP contribution >= 0.6 is 7.82 Å². The van der Waals surface area contributed by atoms with Crippen LogP contribution < -0.4 is 5.73 Å². The maximum absolute atomic E-state index is 12.6. The summed E-state index contributed by atoms with van der Waals surface area (Å²) in [6, 6.07) is -1.54. The Labute approximate surface area is 331 Å². The molecule has 0 spiro atoms. The first-order chi connectivity index (χ1) is 26.6. The Bertz CT molecular complexity index is 1250. The third-order valence-corrected chi connectivity index (χ3v) is 8.83. The molecule has 0 bridgehead atoms. The molecule has 11 nitrogen and oxygen atoms in total. The second-order valence-corrected chi connectivity index (χ2v) is 14.5. The van der Waals surface area contributed by atoms with Gasteiger partial charge in [-0.1, -0.05) is 131 Å². The molecular weight excluding hydrogens is 721 g/mol. The van der Waals surface area contributed by atoms with Crippen LogP contribution in [0.3, 0.4) is 0 Å². The van der Waals surface area contributed by atoms with Crippen LogP contribution in [-0.4, -0.2) is 59.9 Å². The fourth-order valence-corrected chi connectivity index (χ4v) is 5.48. The predicted molar refractivity (Wildman–Crippen MR) is 221 cm³/mol. The van der Waals surface area contributed by atoms with Gasteiger partial charge in [0.05, 0.1) is 13.2 Å². The second-order valence-electron chi connectivity index (χ2n) is 13.0. The fourth-order valence-electron chi connectivity index (χ4n) is 4.70. The molecule has 12 heteroatoms. The number of carbonyl (C=O) groups excluding carboxylic acids is 2. The minimum absolute atomic E-state index is 0.0748. The number of unbranched alkanes of at least 4 members (excludes halogenated alkanes) is 8. The standard InChI is InChI=1S/C43H70NO10P/c1-3-5-7-9-11-13-15-17-19-20-21-23-25-27-29-31-33-35-42(46)54-39(37-52-55(49,50)53-38-40(44)43(47)48)36-51-41(45)34-32-30-28-26-24-22-18-16-14-12-10-8-6-4-2/h5,7,10-13,16-19,21,23,27,29,39-40H,3-4,6,8-9,14-15,20,22,24-26,28,30-38,44H2,1-2H3,(H,47,48)(H,49,50)/b7-5+,12-10+,13-11+,18-16+,19-17+,23-21+,29-27+/t39-,40+/m1/s1. The SMILES string of the molecule is CC/C=C/C/C=C/C/C=C/C/C=C/C/C=C/CCCC(=O)O[C@H](COC(=O)CCCCCCC/C=C/C/C=C/CCCC)COP(=O)(O)OC[C@H](N)C(=O)O. The van der Waals surface area contributed by atoms with Crippen molar-refractivity contribution in [2.24, 2.45) is 5.73 Å². The number of phosphoric ester groups is 1. The number of rotatable bonds is 36. The third kappa shape index (κ3) is 37.4. The third-order valence-electron chi connectivity index (χ3n) is 7.88. The minimum Gasteiger partial charge on any atom is -0.480 e. The van der Waals surface area contributed by atoms with E-state index in [4.69, 9.17) is 24.8 Å². The van der Waals surface area contributed by atoms with Crippen molar-refractivity contribution in [2.75, 3.05) is 19.8 Å². The maximum Gasteiger partial charge on any atom is 0.472 e. The zero-order valence-corrected chi connectivity index (χ0v) is 34.4. The van der Waals surface area contributed by atoms with Crippen molar-refractivity contribution in [1.29, 1.82) is 0 Å². The number of phosphoric acid groups is 1. The van der Waals surface area contributed by atoms with Crippen molar-refractivity contribution in [3.05, 3.63) is 85.1 Å². The van der Waals surface area contributed by atoms with E-state index >= 15 is 0 Å². The molecule has 0 aliphatic carbocycles. The number of allylic oxidation sites excluding steroid dienone is 14. The average Bonchev–Trinajstić information content (AvgIpc) is 3.16. The molecular formula is C43H70NO10P. The molecule has 0 aromatic heterocycles. The van der Waals surface area contributed by atoms with Crippen molar-refractivity contribution < 1.29 is 47.5 Å². The summed E-state index contributed by atoms with van der Waals surface area (Å²) < 4.78 is 32.5. The number of aliphatic carboxylic acids is 1. The Morgan fingerprint density at radius 3 is 1.58 bits per heavy atom. The molecule has 55 heavy (non-hydrogen) atoms. The van der Waals surface area contributed by atoms with Crippen LogP contribution in [0.5, 0.6) is 0 Å². The Kier molecular flexibility index (Phi) is 35.3. The zero-order valence-electron chi connectivity index (χ0n) is 33.5. The lowest BCUT2D eigenvalue weighted by atomic mass is 10.1. The van der Waals surface area contributed by atoms with Gasteiger partial charge >= 0.3 is 25.7 Å². The Morgan fingerprint density at radius 2 is 1.04 bits per heavy atom. The van der Waals surface area contributed by atoms with E-state index in [0.29, 0.717) is 19.3 Å². The summed E-state index contributed by atoms with van der Waals surface area (Å²) in [5.41, 5.74) is 5.32. The van der Waals surface area contributed by atoms with E-state index in [9.17, 15) is 23.8 Å². The van der Waals surface area contributed by atoms with E-state index < -0.39 is 51.1 Å². The highest BCUT2D eigenvalue weighted by Gasteiger charge is 2.28. The van der Waals surface area contributed by atoms with E-state index in [1.54, 1.807) is 0 Å². The number of ether oxygens (including phenoxy) is 2. The van der Waals surface area contributed by atoms with Crippen LogP contribution in [0, 0.1) is 0 Å². The van der Waals surface area contributed by atoms with Crippen LogP contribution in [0.25, 0.3) is 0 Å². The normalized spacial score (nSPS) is 14.7. The topological polar surface area (TPSA) is 172 Å². The van der Waals surface area contributed by atoms with Gasteiger partial charge < -0.3 is 25.2 Å². The summed E-state index contributed by atoms with van der Waals surface area (Å²) in [6.07, 6.45) is 45.1. The number of hydrogen-bond donors (Lipinski definition) is 3. The molecule has 3 atom stereocenters. The van der Waals surface area contributed by atoms with E-state index in [2.05, 4.69) is 91.3 Å². The van der Waals surface area contributed by atoms with Crippen LogP contribution in [-0.2, 0) is 37.5 Å². The van der Waals surface area contributed by atoms with Gasteiger partial charge in [-0.3, -0.25) is 23.4 Å². The molecule has 1 unspecified atom stereocenters. The summed E-state index contributed by atoms with van der Waals surface area (Å²) in [6.45, 7) is 2.54. The Balaban J connectivity index is 4.56. The molecule has 0 saturated heterocycles. The maximum atomic E-state index is 12.6. The van der Waals surface area contributed by atoms with Gasteiger partial charge in [-0.15, -0.1) is 0 Å². The van der Waals surface area contributed by atoms with Gasteiger partial charge in [0.15, 0.2) is 6.10 Å². The summed E-state index contributed by atoms with van der Waals surface area (Å²) in [5.74, 6) is -2.49. The molecule has 0 aromatic rings. The van der Waals surface area contributed by atoms with Crippen LogP contribution in [0.1, 0.15) is 136 Å². The highest BCUT2D eigenvalue weighted by molar-refractivity contribution is 7.47. The predicted octanol–water partition coefficient (Wildman–Crippen LogP) is 10.3. The summed E-state index contributed by atoms with van der Waals surface area (Å²) in [5, 5.41) is 8.87. The zero-order chi connectivity index (χ0) is 40.7. The second kappa shape index (κ2) is 37.6. The van der Waals surface area contributed by atoms with Crippen LogP contribution in [0.2, 0.25) is 0 Å². The van der Waals surface area contributed by atoms with Crippen molar-refractivity contribution >= 4 is 25.7 Å². The highest BCUT2D eigenvalue weighted by Crippen LogP contribution is 2.43. The number of carbonyl (C=O) groups is 3. The molecule has 0 fully saturated rings. The molecule has 4 N–H and O–H groups in total. The largest absolute Gasteiger partial charge is 0.480 e. The van der Waals surface area contributed by atoms with Gasteiger partial charge in [-0.05, 0) is 77.0 Å². The lowest BCUT2D eigenvalue weighted by Crippen LogP contribution is -2.34. The number of nitrogens with two attached hydrogens (primary N) is 1. The molecule has 0 heterocycles. The molecule has 0 aliphatic rings. The van der Waals surface area contributed by atoms with Gasteiger partial charge in [0.25, 0.3) is 0 Å².